The summed E-state index contributed by atoms with van der Waals surface area (Å²) in [5.41, 5.74) is 0.414. The first kappa shape index (κ1) is 27.7. The molecular formula is C32H34ClN3O5. The second-order valence-corrected chi connectivity index (χ2v) is 11.6. The van der Waals surface area contributed by atoms with E-state index in [0.717, 1.165) is 12.0 Å². The monoisotopic (exact) mass is 575 g/mol. The summed E-state index contributed by atoms with van der Waals surface area (Å²) in [6.07, 6.45) is 8.90. The van der Waals surface area contributed by atoms with Crippen LogP contribution >= 0.6 is 11.6 Å². The van der Waals surface area contributed by atoms with E-state index in [1.54, 1.807) is 39.0 Å². The summed E-state index contributed by atoms with van der Waals surface area (Å²) < 4.78 is 6.72. The third-order valence-corrected chi connectivity index (χ3v) is 8.91. The zero-order valence-electron chi connectivity index (χ0n) is 22.8. The molecule has 1 spiro atoms. The molecule has 2 saturated heterocycles. The number of aliphatic hydroxyl groups is 1. The summed E-state index contributed by atoms with van der Waals surface area (Å²) in [5.74, 6) is -2.18. The minimum atomic E-state index is -1.27. The number of benzene rings is 2. The van der Waals surface area contributed by atoms with Crippen molar-refractivity contribution in [2.24, 2.45) is 11.8 Å². The molecule has 0 aliphatic carbocycles. The molecule has 0 saturated carbocycles. The third kappa shape index (κ3) is 4.88. The lowest BCUT2D eigenvalue weighted by Gasteiger charge is -2.35. The van der Waals surface area contributed by atoms with Gasteiger partial charge in [0.1, 0.15) is 11.6 Å². The van der Waals surface area contributed by atoms with E-state index in [4.69, 9.17) is 16.3 Å². The molecule has 4 aliphatic rings. The first-order valence-electron chi connectivity index (χ1n) is 14.3. The number of aliphatic hydroxyl groups excluding tert-OH is 1. The van der Waals surface area contributed by atoms with Gasteiger partial charge in [-0.1, -0.05) is 66.2 Å². The Balaban J connectivity index is 1.37. The normalized spacial score (nSPS) is 28.9. The summed E-state index contributed by atoms with van der Waals surface area (Å²) >= 11 is 6.11. The molecule has 0 aromatic heterocycles. The molecule has 2 aromatic carbocycles. The molecule has 0 bridgehead atoms. The zero-order valence-corrected chi connectivity index (χ0v) is 23.5. The van der Waals surface area contributed by atoms with Gasteiger partial charge in [0, 0.05) is 43.5 Å². The molecule has 1 unspecified atom stereocenters. The number of halogens is 1. The molecule has 3 amide bonds. The second kappa shape index (κ2) is 11.4. The number of fused-ring (bicyclic) bond motifs is 2. The predicted octanol–water partition coefficient (Wildman–Crippen LogP) is 3.58. The maximum absolute atomic E-state index is 14.4. The van der Waals surface area contributed by atoms with Crippen LogP contribution in [0, 0.1) is 11.8 Å². The summed E-state index contributed by atoms with van der Waals surface area (Å²) in [5, 5.41) is 9.84. The minimum absolute atomic E-state index is 0.0703. The van der Waals surface area contributed by atoms with Gasteiger partial charge < -0.3 is 24.5 Å². The highest BCUT2D eigenvalue weighted by Gasteiger charge is 2.71. The lowest BCUT2D eigenvalue weighted by atomic mass is 9.77. The van der Waals surface area contributed by atoms with Gasteiger partial charge in [-0.15, -0.1) is 0 Å². The first-order valence-corrected chi connectivity index (χ1v) is 14.7. The fraction of sp³-hybridized carbons (Fsp3) is 0.406. The Labute approximate surface area is 244 Å². The van der Waals surface area contributed by atoms with E-state index in [0.29, 0.717) is 49.7 Å². The van der Waals surface area contributed by atoms with Crippen LogP contribution in [0.15, 0.2) is 78.9 Å². The van der Waals surface area contributed by atoms with Crippen molar-refractivity contribution in [2.75, 3.05) is 31.1 Å². The molecule has 1 N–H and O–H groups in total. The smallest absolute Gasteiger partial charge is 0.253 e. The van der Waals surface area contributed by atoms with Crippen LogP contribution in [0.5, 0.6) is 0 Å². The molecule has 0 radical (unpaired) electrons. The third-order valence-electron chi connectivity index (χ3n) is 8.65. The minimum Gasteiger partial charge on any atom is -0.396 e. The number of unbranched alkanes of at least 4 members (excludes halogenated alkanes) is 2. The number of anilines is 1. The SMILES string of the molecule is O=C1[C@@H]2[C@H]3C(=O)N(CCCCCO)C4C(=O)N(c5ccc(Cl)cc5)CC=C[C@@]43O[C@@H]2C=CCN1Cc1ccccc1. The Bertz CT molecular complexity index is 1360. The fourth-order valence-electron chi connectivity index (χ4n) is 6.80. The Morgan fingerprint density at radius 3 is 2.44 bits per heavy atom. The lowest BCUT2D eigenvalue weighted by molar-refractivity contribution is -0.144. The van der Waals surface area contributed by atoms with Crippen molar-refractivity contribution < 1.29 is 24.2 Å². The van der Waals surface area contributed by atoms with Crippen molar-refractivity contribution >= 4 is 35.0 Å². The van der Waals surface area contributed by atoms with Crippen LogP contribution in [0.2, 0.25) is 5.02 Å². The van der Waals surface area contributed by atoms with Crippen LogP contribution in [0.4, 0.5) is 5.69 Å². The molecule has 6 rings (SSSR count). The fourth-order valence-corrected chi connectivity index (χ4v) is 6.92. The molecule has 8 nitrogen and oxygen atoms in total. The number of amides is 3. The topological polar surface area (TPSA) is 90.4 Å². The van der Waals surface area contributed by atoms with Crippen LogP contribution in [-0.2, 0) is 25.7 Å². The Hall–Kier alpha value is -3.46. The van der Waals surface area contributed by atoms with Crippen molar-refractivity contribution in [3.63, 3.8) is 0 Å². The highest BCUT2D eigenvalue weighted by molar-refractivity contribution is 6.30. The molecule has 5 atom stereocenters. The van der Waals surface area contributed by atoms with Gasteiger partial charge in [0.25, 0.3) is 5.91 Å². The van der Waals surface area contributed by atoms with E-state index >= 15 is 0 Å². The van der Waals surface area contributed by atoms with Gasteiger partial charge in [0.05, 0.1) is 17.9 Å². The van der Waals surface area contributed by atoms with Gasteiger partial charge >= 0.3 is 0 Å². The van der Waals surface area contributed by atoms with Crippen molar-refractivity contribution in [3.8, 4) is 0 Å². The molecule has 4 heterocycles. The average molecular weight is 576 g/mol. The van der Waals surface area contributed by atoms with Crippen LogP contribution in [0.3, 0.4) is 0 Å². The van der Waals surface area contributed by atoms with Gasteiger partial charge in [-0.05, 0) is 49.1 Å². The number of carbonyl (C=O) groups is 3. The Kier molecular flexibility index (Phi) is 7.72. The lowest BCUT2D eigenvalue weighted by Crippen LogP contribution is -2.55. The molecule has 9 heteroatoms. The molecule has 4 aliphatic heterocycles. The largest absolute Gasteiger partial charge is 0.396 e. The predicted molar refractivity (Wildman–Crippen MR) is 155 cm³/mol. The number of hydrogen-bond acceptors (Lipinski definition) is 5. The Morgan fingerprint density at radius 1 is 0.902 bits per heavy atom. The second-order valence-electron chi connectivity index (χ2n) is 11.1. The van der Waals surface area contributed by atoms with Crippen molar-refractivity contribution in [2.45, 2.75) is 43.6 Å². The van der Waals surface area contributed by atoms with Crippen molar-refractivity contribution in [3.05, 3.63) is 89.5 Å². The van der Waals surface area contributed by atoms with Crippen LogP contribution in [0.1, 0.15) is 24.8 Å². The highest BCUT2D eigenvalue weighted by atomic mass is 35.5. The molecule has 2 fully saturated rings. The zero-order chi connectivity index (χ0) is 28.6. The van der Waals surface area contributed by atoms with Crippen molar-refractivity contribution in [1.29, 1.82) is 0 Å². The average Bonchev–Trinajstić information content (AvgIpc) is 3.29. The van der Waals surface area contributed by atoms with E-state index in [9.17, 15) is 19.5 Å². The van der Waals surface area contributed by atoms with Crippen LogP contribution in [-0.4, -0.2) is 76.6 Å². The molecule has 2 aromatic rings. The van der Waals surface area contributed by atoms with Gasteiger partial charge in [0.2, 0.25) is 11.8 Å². The van der Waals surface area contributed by atoms with E-state index < -0.39 is 29.6 Å². The number of hydrogen-bond donors (Lipinski definition) is 1. The highest BCUT2D eigenvalue weighted by Crippen LogP contribution is 2.53. The molecular weight excluding hydrogens is 542 g/mol. The van der Waals surface area contributed by atoms with E-state index in [-0.39, 0.29) is 24.3 Å². The summed E-state index contributed by atoms with van der Waals surface area (Å²) in [6.45, 7) is 1.57. The number of rotatable bonds is 8. The van der Waals surface area contributed by atoms with Crippen LogP contribution in [0.25, 0.3) is 0 Å². The summed E-state index contributed by atoms with van der Waals surface area (Å²) in [7, 11) is 0. The van der Waals surface area contributed by atoms with Gasteiger partial charge in [-0.2, -0.15) is 0 Å². The van der Waals surface area contributed by atoms with E-state index in [2.05, 4.69) is 0 Å². The number of ether oxygens (including phenoxy) is 1. The first-order chi connectivity index (χ1) is 19.9. The summed E-state index contributed by atoms with van der Waals surface area (Å²) in [6, 6.07) is 15.9. The van der Waals surface area contributed by atoms with Gasteiger partial charge in [0.15, 0.2) is 0 Å². The van der Waals surface area contributed by atoms with Gasteiger partial charge in [-0.25, -0.2) is 0 Å². The summed E-state index contributed by atoms with van der Waals surface area (Å²) in [4.78, 5) is 47.9. The number of likely N-dealkylation sites (tertiary alicyclic amines) is 1. The molecule has 214 valence electrons. The molecule has 41 heavy (non-hydrogen) atoms. The number of nitrogens with zero attached hydrogens (tertiary/aromatic N) is 3. The standard InChI is InChI=1S/C32H34ClN3O5/c33-23-12-14-24(15-13-23)35-19-8-16-32-27(30(39)36(28(32)31(35)40)18-5-2-6-20-37)26-25(41-32)11-7-17-34(29(26)38)21-22-9-3-1-4-10-22/h1,3-4,7-16,25-28,37H,2,5-6,17-21H2/t25-,26+,27+,28?,32+/m1/s1. The van der Waals surface area contributed by atoms with E-state index in [1.807, 2.05) is 54.6 Å². The number of carbonyl (C=O) groups excluding carboxylic acids is 3. The van der Waals surface area contributed by atoms with Crippen molar-refractivity contribution in [1.82, 2.24) is 9.80 Å². The maximum Gasteiger partial charge on any atom is 0.253 e. The maximum atomic E-state index is 14.4. The van der Waals surface area contributed by atoms with Crippen LogP contribution < -0.4 is 4.90 Å². The Morgan fingerprint density at radius 2 is 1.68 bits per heavy atom. The van der Waals surface area contributed by atoms with Gasteiger partial charge in [-0.3, -0.25) is 14.4 Å². The van der Waals surface area contributed by atoms with E-state index in [1.165, 1.54) is 0 Å². The quantitative estimate of drug-likeness (QED) is 0.384.